The van der Waals surface area contributed by atoms with Crippen LogP contribution in [0.1, 0.15) is 25.3 Å². The summed E-state index contributed by atoms with van der Waals surface area (Å²) < 4.78 is 62.4. The molecule has 164 valence electrons. The van der Waals surface area contributed by atoms with E-state index in [2.05, 4.69) is 10.6 Å². The predicted molar refractivity (Wildman–Crippen MR) is 101 cm³/mol. The maximum Gasteiger partial charge on any atom is 0.416 e. The zero-order chi connectivity index (χ0) is 22.2. The molecule has 0 radical (unpaired) electrons. The van der Waals surface area contributed by atoms with E-state index in [4.69, 9.17) is 0 Å². The van der Waals surface area contributed by atoms with Crippen LogP contribution in [0.25, 0.3) is 0 Å². The Labute approximate surface area is 166 Å². The van der Waals surface area contributed by atoms with Gasteiger partial charge in [-0.05, 0) is 25.5 Å². The molecule has 0 aromatic heterocycles. The van der Waals surface area contributed by atoms with Gasteiger partial charge in [-0.2, -0.15) is 13.2 Å². The molecule has 13 heteroatoms. The third-order valence-corrected chi connectivity index (χ3v) is 5.86. The summed E-state index contributed by atoms with van der Waals surface area (Å²) in [5.74, 6) is -0.398. The lowest BCUT2D eigenvalue weighted by Gasteiger charge is -2.15. The molecule has 0 saturated heterocycles. The lowest BCUT2D eigenvalue weighted by atomic mass is 10.1. The van der Waals surface area contributed by atoms with Crippen LogP contribution in [0.15, 0.2) is 18.2 Å². The summed E-state index contributed by atoms with van der Waals surface area (Å²) in [4.78, 5) is 21.8. The number of sulfonamides is 1. The van der Waals surface area contributed by atoms with Crippen molar-refractivity contribution in [3.05, 3.63) is 33.9 Å². The highest BCUT2D eigenvalue weighted by Gasteiger charge is 2.33. The highest BCUT2D eigenvalue weighted by Crippen LogP contribution is 2.34. The molecule has 0 saturated carbocycles. The van der Waals surface area contributed by atoms with Crippen molar-refractivity contribution in [1.29, 1.82) is 0 Å². The zero-order valence-corrected chi connectivity index (χ0v) is 16.8. The van der Waals surface area contributed by atoms with Gasteiger partial charge in [-0.1, -0.05) is 0 Å². The maximum absolute atomic E-state index is 12.7. The number of hydrogen-bond acceptors (Lipinski definition) is 6. The van der Waals surface area contributed by atoms with Crippen molar-refractivity contribution in [2.45, 2.75) is 25.9 Å². The average molecular weight is 440 g/mol. The average Bonchev–Trinajstić information content (AvgIpc) is 2.64. The summed E-state index contributed by atoms with van der Waals surface area (Å²) in [6, 6.07) is 2.10. The Morgan fingerprint density at radius 3 is 2.48 bits per heavy atom. The number of nitro groups is 1. The molecular weight excluding hydrogens is 417 g/mol. The molecule has 9 nitrogen and oxygen atoms in total. The number of anilines is 1. The standard InChI is InChI=1S/C16H23F3N4O5S/c1-3-29(27,28)22(2)10-4-8-21-15(24)7-9-20-13-6-5-12(16(17,18)19)11-14(13)23(25)26/h5-6,11,20H,3-4,7-10H2,1-2H3,(H,21,24). The van der Waals surface area contributed by atoms with Crippen molar-refractivity contribution in [2.24, 2.45) is 0 Å². The Morgan fingerprint density at radius 1 is 1.28 bits per heavy atom. The number of benzene rings is 1. The first-order chi connectivity index (χ1) is 13.4. The number of nitro benzene ring substituents is 1. The molecular formula is C16H23F3N4O5S. The molecule has 1 aromatic carbocycles. The number of nitrogens with zero attached hydrogens (tertiary/aromatic N) is 2. The fraction of sp³-hybridized carbons (Fsp3) is 0.562. The minimum atomic E-state index is -4.70. The topological polar surface area (TPSA) is 122 Å². The van der Waals surface area contributed by atoms with Gasteiger partial charge < -0.3 is 10.6 Å². The van der Waals surface area contributed by atoms with Crippen molar-refractivity contribution in [1.82, 2.24) is 9.62 Å². The van der Waals surface area contributed by atoms with E-state index >= 15 is 0 Å². The summed E-state index contributed by atoms with van der Waals surface area (Å²) in [5.41, 5.74) is -2.00. The van der Waals surface area contributed by atoms with E-state index < -0.39 is 32.4 Å². The minimum Gasteiger partial charge on any atom is -0.379 e. The number of nitrogens with one attached hydrogen (secondary N) is 2. The molecule has 0 aliphatic heterocycles. The normalized spacial score (nSPS) is 12.1. The van der Waals surface area contributed by atoms with Crippen LogP contribution in [-0.4, -0.2) is 56.0 Å². The molecule has 0 aliphatic carbocycles. The second kappa shape index (κ2) is 10.4. The Morgan fingerprint density at radius 2 is 1.93 bits per heavy atom. The summed E-state index contributed by atoms with van der Waals surface area (Å²) in [7, 11) is -1.84. The van der Waals surface area contributed by atoms with Gasteiger partial charge in [0.25, 0.3) is 5.69 Å². The number of rotatable bonds is 11. The van der Waals surface area contributed by atoms with Crippen LogP contribution >= 0.6 is 0 Å². The summed E-state index contributed by atoms with van der Waals surface area (Å²) in [6.45, 7) is 1.99. The first-order valence-corrected chi connectivity index (χ1v) is 10.3. The Kier molecular flexibility index (Phi) is 8.82. The van der Waals surface area contributed by atoms with Crippen LogP contribution in [0.4, 0.5) is 24.5 Å². The smallest absolute Gasteiger partial charge is 0.379 e. The van der Waals surface area contributed by atoms with Gasteiger partial charge in [0.2, 0.25) is 15.9 Å². The van der Waals surface area contributed by atoms with Crippen molar-refractivity contribution >= 4 is 27.3 Å². The summed E-state index contributed by atoms with van der Waals surface area (Å²) >= 11 is 0. The molecule has 0 unspecified atom stereocenters. The van der Waals surface area contributed by atoms with Crippen LogP contribution in [0.2, 0.25) is 0 Å². The van der Waals surface area contributed by atoms with Crippen molar-refractivity contribution in [2.75, 3.05) is 37.8 Å². The van der Waals surface area contributed by atoms with E-state index in [1.807, 2.05) is 0 Å². The van der Waals surface area contributed by atoms with Gasteiger partial charge in [0.15, 0.2) is 0 Å². The van der Waals surface area contributed by atoms with Gasteiger partial charge in [-0.15, -0.1) is 0 Å². The van der Waals surface area contributed by atoms with E-state index in [9.17, 15) is 36.5 Å². The largest absolute Gasteiger partial charge is 0.416 e. The van der Waals surface area contributed by atoms with Gasteiger partial charge in [0.05, 0.1) is 16.2 Å². The van der Waals surface area contributed by atoms with Gasteiger partial charge in [-0.25, -0.2) is 12.7 Å². The number of alkyl halides is 3. The molecule has 1 rings (SSSR count). The lowest BCUT2D eigenvalue weighted by Crippen LogP contribution is -2.32. The number of carbonyl (C=O) groups is 1. The number of amides is 1. The van der Waals surface area contributed by atoms with E-state index in [0.717, 1.165) is 12.1 Å². The predicted octanol–water partition coefficient (Wildman–Crippen LogP) is 2.20. The first-order valence-electron chi connectivity index (χ1n) is 8.68. The Hall–Kier alpha value is -2.41. The second-order valence-electron chi connectivity index (χ2n) is 6.09. The molecule has 29 heavy (non-hydrogen) atoms. The molecule has 0 aliphatic rings. The molecule has 0 fully saturated rings. The van der Waals surface area contributed by atoms with Crippen LogP contribution in [0, 0.1) is 10.1 Å². The maximum atomic E-state index is 12.7. The molecule has 0 heterocycles. The third kappa shape index (κ3) is 7.85. The van der Waals surface area contributed by atoms with Crippen molar-refractivity contribution in [3.8, 4) is 0 Å². The monoisotopic (exact) mass is 440 g/mol. The minimum absolute atomic E-state index is 0.0163. The number of halogens is 3. The van der Waals surface area contributed by atoms with Crippen LogP contribution in [0.3, 0.4) is 0 Å². The molecule has 1 aromatic rings. The molecule has 1 amide bonds. The zero-order valence-electron chi connectivity index (χ0n) is 16.0. The van der Waals surface area contributed by atoms with Crippen LogP contribution in [0.5, 0.6) is 0 Å². The van der Waals surface area contributed by atoms with E-state index in [1.165, 1.54) is 18.3 Å². The highest BCUT2D eigenvalue weighted by atomic mass is 32.2. The summed E-state index contributed by atoms with van der Waals surface area (Å²) in [6.07, 6.45) is -4.37. The summed E-state index contributed by atoms with van der Waals surface area (Å²) in [5, 5.41) is 16.2. The number of carbonyl (C=O) groups excluding carboxylic acids is 1. The van der Waals surface area contributed by atoms with Gasteiger partial charge in [0, 0.05) is 39.2 Å². The molecule has 0 atom stereocenters. The fourth-order valence-electron chi connectivity index (χ4n) is 2.30. The van der Waals surface area contributed by atoms with Gasteiger partial charge >= 0.3 is 6.18 Å². The molecule has 2 N–H and O–H groups in total. The van der Waals surface area contributed by atoms with E-state index in [0.29, 0.717) is 12.5 Å². The van der Waals surface area contributed by atoms with E-state index in [-0.39, 0.29) is 43.4 Å². The van der Waals surface area contributed by atoms with E-state index in [1.54, 1.807) is 0 Å². The number of hydrogen-bond donors (Lipinski definition) is 2. The lowest BCUT2D eigenvalue weighted by molar-refractivity contribution is -0.384. The van der Waals surface area contributed by atoms with Crippen molar-refractivity contribution < 1.29 is 31.3 Å². The van der Waals surface area contributed by atoms with Crippen LogP contribution < -0.4 is 10.6 Å². The third-order valence-electron chi connectivity index (χ3n) is 4.00. The molecule has 0 bridgehead atoms. The second-order valence-corrected chi connectivity index (χ2v) is 8.45. The Balaban J connectivity index is 2.47. The quantitative estimate of drug-likeness (QED) is 0.309. The SMILES string of the molecule is CCS(=O)(=O)N(C)CCCNC(=O)CCNc1ccc(C(F)(F)F)cc1[N+](=O)[O-]. The highest BCUT2D eigenvalue weighted by molar-refractivity contribution is 7.89. The Bertz CT molecular complexity index is 830. The molecule has 0 spiro atoms. The van der Waals surface area contributed by atoms with Crippen LogP contribution in [-0.2, 0) is 21.0 Å². The first kappa shape index (κ1) is 24.6. The van der Waals surface area contributed by atoms with Crippen molar-refractivity contribution in [3.63, 3.8) is 0 Å². The van der Waals surface area contributed by atoms with Gasteiger partial charge in [0.1, 0.15) is 5.69 Å². The van der Waals surface area contributed by atoms with Gasteiger partial charge in [-0.3, -0.25) is 14.9 Å². The fourth-order valence-corrected chi connectivity index (χ4v) is 3.14.